The molecule has 1 aromatic rings. The topological polar surface area (TPSA) is 32.3 Å². The third-order valence-electron chi connectivity index (χ3n) is 4.47. The summed E-state index contributed by atoms with van der Waals surface area (Å²) < 4.78 is 1.10. The van der Waals surface area contributed by atoms with Crippen LogP contribution in [0.25, 0.3) is 0 Å². The highest BCUT2D eigenvalue weighted by Gasteiger charge is 2.46. The predicted molar refractivity (Wildman–Crippen MR) is 83.6 cm³/mol. The van der Waals surface area contributed by atoms with E-state index in [2.05, 4.69) is 44.3 Å². The normalized spacial score (nSPS) is 28.7. The molecule has 0 radical (unpaired) electrons. The summed E-state index contributed by atoms with van der Waals surface area (Å²) in [7, 11) is 1.98. The van der Waals surface area contributed by atoms with Crippen LogP contribution in [0.15, 0.2) is 28.7 Å². The van der Waals surface area contributed by atoms with Gasteiger partial charge in [0, 0.05) is 23.5 Å². The molecule has 1 aliphatic carbocycles. The number of halogens is 1. The standard InChI is InChI=1S/C16H21BrN2O/c1-18-9-11-5-6-19(10-11)16(20)15-8-14(15)12-3-2-4-13(17)7-12/h2-4,7,11,14-15,18H,5-6,8-10H2,1H3. The quantitative estimate of drug-likeness (QED) is 0.916. The minimum absolute atomic E-state index is 0.220. The van der Waals surface area contributed by atoms with Crippen molar-refractivity contribution in [2.45, 2.75) is 18.8 Å². The fraction of sp³-hybridized carbons (Fsp3) is 0.562. The van der Waals surface area contributed by atoms with Gasteiger partial charge in [0.15, 0.2) is 0 Å². The van der Waals surface area contributed by atoms with Crippen molar-refractivity contribution in [3.8, 4) is 0 Å². The van der Waals surface area contributed by atoms with Gasteiger partial charge in [-0.25, -0.2) is 0 Å². The van der Waals surface area contributed by atoms with Crippen LogP contribution in [0.3, 0.4) is 0 Å². The van der Waals surface area contributed by atoms with Crippen LogP contribution in [0.1, 0.15) is 24.3 Å². The molecular weight excluding hydrogens is 316 g/mol. The monoisotopic (exact) mass is 336 g/mol. The number of hydrogen-bond donors (Lipinski definition) is 1. The van der Waals surface area contributed by atoms with Crippen molar-refractivity contribution >= 4 is 21.8 Å². The summed E-state index contributed by atoms with van der Waals surface area (Å²) in [6.07, 6.45) is 2.16. The summed E-state index contributed by atoms with van der Waals surface area (Å²) >= 11 is 3.50. The molecular formula is C16H21BrN2O. The third kappa shape index (κ3) is 2.91. The molecule has 3 nitrogen and oxygen atoms in total. The lowest BCUT2D eigenvalue weighted by Gasteiger charge is -2.16. The molecule has 0 aromatic heterocycles. The number of nitrogens with one attached hydrogen (secondary N) is 1. The zero-order valence-corrected chi connectivity index (χ0v) is 13.4. The lowest BCUT2D eigenvalue weighted by atomic mass is 10.1. The number of rotatable bonds is 4. The first-order valence-corrected chi connectivity index (χ1v) is 8.17. The predicted octanol–water partition coefficient (Wildman–Crippen LogP) is 2.62. The molecule has 1 aliphatic heterocycles. The zero-order valence-electron chi connectivity index (χ0n) is 11.8. The number of amides is 1. The second kappa shape index (κ2) is 5.86. The van der Waals surface area contributed by atoms with Crippen LogP contribution in [-0.2, 0) is 4.79 Å². The number of benzene rings is 1. The number of carbonyl (C=O) groups excluding carboxylic acids is 1. The minimum atomic E-state index is 0.220. The van der Waals surface area contributed by atoms with Gasteiger partial charge in [-0.05, 0) is 56.0 Å². The van der Waals surface area contributed by atoms with E-state index in [1.807, 2.05) is 13.1 Å². The molecule has 1 heterocycles. The fourth-order valence-electron chi connectivity index (χ4n) is 3.30. The van der Waals surface area contributed by atoms with Crippen LogP contribution in [0.2, 0.25) is 0 Å². The molecule has 2 fully saturated rings. The Morgan fingerprint density at radius 3 is 3.10 bits per heavy atom. The van der Waals surface area contributed by atoms with Gasteiger partial charge in [0.05, 0.1) is 0 Å². The maximum Gasteiger partial charge on any atom is 0.226 e. The van der Waals surface area contributed by atoms with Crippen LogP contribution in [0.5, 0.6) is 0 Å². The SMILES string of the molecule is CNCC1CCN(C(=O)C2CC2c2cccc(Br)c2)C1. The van der Waals surface area contributed by atoms with Crippen molar-refractivity contribution in [3.63, 3.8) is 0 Å². The Hall–Kier alpha value is -0.870. The first kappa shape index (κ1) is 14.1. The molecule has 1 saturated carbocycles. The van der Waals surface area contributed by atoms with E-state index in [9.17, 15) is 4.79 Å². The van der Waals surface area contributed by atoms with Crippen LogP contribution in [0, 0.1) is 11.8 Å². The molecule has 1 saturated heterocycles. The summed E-state index contributed by atoms with van der Waals surface area (Å²) in [6.45, 7) is 2.89. The van der Waals surface area contributed by atoms with Gasteiger partial charge in [0.1, 0.15) is 0 Å². The zero-order chi connectivity index (χ0) is 14.1. The second-order valence-electron chi connectivity index (χ2n) is 6.00. The smallest absolute Gasteiger partial charge is 0.226 e. The number of hydrogen-bond acceptors (Lipinski definition) is 2. The molecule has 2 aliphatic rings. The molecule has 1 aromatic carbocycles. The van der Waals surface area contributed by atoms with Crippen LogP contribution >= 0.6 is 15.9 Å². The van der Waals surface area contributed by atoms with E-state index in [0.29, 0.717) is 17.7 Å². The van der Waals surface area contributed by atoms with Gasteiger partial charge in [-0.2, -0.15) is 0 Å². The number of likely N-dealkylation sites (tertiary alicyclic amines) is 1. The van der Waals surface area contributed by atoms with E-state index >= 15 is 0 Å². The average Bonchev–Trinajstić information content (AvgIpc) is 3.11. The van der Waals surface area contributed by atoms with Gasteiger partial charge < -0.3 is 10.2 Å². The van der Waals surface area contributed by atoms with E-state index in [-0.39, 0.29) is 5.92 Å². The molecule has 4 heteroatoms. The minimum Gasteiger partial charge on any atom is -0.342 e. The molecule has 20 heavy (non-hydrogen) atoms. The maximum atomic E-state index is 12.5. The molecule has 0 bridgehead atoms. The first-order valence-electron chi connectivity index (χ1n) is 7.38. The van der Waals surface area contributed by atoms with Crippen molar-refractivity contribution in [2.24, 2.45) is 11.8 Å². The molecule has 108 valence electrons. The summed E-state index contributed by atoms with van der Waals surface area (Å²) in [5.41, 5.74) is 1.30. The van der Waals surface area contributed by atoms with Crippen LogP contribution in [0.4, 0.5) is 0 Å². The summed E-state index contributed by atoms with van der Waals surface area (Å²) in [5.74, 6) is 1.65. The van der Waals surface area contributed by atoms with Crippen molar-refractivity contribution in [1.29, 1.82) is 0 Å². The molecule has 1 N–H and O–H groups in total. The molecule has 3 rings (SSSR count). The average molecular weight is 337 g/mol. The van der Waals surface area contributed by atoms with Crippen molar-refractivity contribution < 1.29 is 4.79 Å². The number of carbonyl (C=O) groups is 1. The second-order valence-corrected chi connectivity index (χ2v) is 6.92. The highest BCUT2D eigenvalue weighted by Crippen LogP contribution is 2.49. The van der Waals surface area contributed by atoms with Gasteiger partial charge >= 0.3 is 0 Å². The van der Waals surface area contributed by atoms with E-state index in [0.717, 1.165) is 36.9 Å². The Balaban J connectivity index is 1.58. The lowest BCUT2D eigenvalue weighted by Crippen LogP contribution is -2.31. The Morgan fingerprint density at radius 1 is 1.50 bits per heavy atom. The Bertz CT molecular complexity index is 505. The summed E-state index contributed by atoms with van der Waals surface area (Å²) in [6, 6.07) is 8.37. The van der Waals surface area contributed by atoms with E-state index in [4.69, 9.17) is 0 Å². The molecule has 1 amide bonds. The van der Waals surface area contributed by atoms with Crippen LogP contribution in [-0.4, -0.2) is 37.5 Å². The molecule has 3 atom stereocenters. The molecule has 0 spiro atoms. The van der Waals surface area contributed by atoms with Crippen LogP contribution < -0.4 is 5.32 Å². The van der Waals surface area contributed by atoms with Gasteiger partial charge in [-0.3, -0.25) is 4.79 Å². The van der Waals surface area contributed by atoms with Gasteiger partial charge in [0.25, 0.3) is 0 Å². The highest BCUT2D eigenvalue weighted by molar-refractivity contribution is 9.10. The maximum absolute atomic E-state index is 12.5. The first-order chi connectivity index (χ1) is 9.69. The van der Waals surface area contributed by atoms with Crippen molar-refractivity contribution in [2.75, 3.05) is 26.7 Å². The number of nitrogens with zero attached hydrogens (tertiary/aromatic N) is 1. The van der Waals surface area contributed by atoms with E-state index in [1.165, 1.54) is 5.56 Å². The van der Waals surface area contributed by atoms with E-state index < -0.39 is 0 Å². The Kier molecular flexibility index (Phi) is 4.13. The summed E-state index contributed by atoms with van der Waals surface area (Å²) in [5, 5.41) is 3.21. The third-order valence-corrected chi connectivity index (χ3v) is 4.97. The van der Waals surface area contributed by atoms with Gasteiger partial charge in [-0.15, -0.1) is 0 Å². The Labute approximate surface area is 128 Å². The Morgan fingerprint density at radius 2 is 2.35 bits per heavy atom. The fourth-order valence-corrected chi connectivity index (χ4v) is 3.71. The van der Waals surface area contributed by atoms with Gasteiger partial charge in [0.2, 0.25) is 5.91 Å². The van der Waals surface area contributed by atoms with Crippen molar-refractivity contribution in [1.82, 2.24) is 10.2 Å². The van der Waals surface area contributed by atoms with Gasteiger partial charge in [-0.1, -0.05) is 28.1 Å². The largest absolute Gasteiger partial charge is 0.342 e. The highest BCUT2D eigenvalue weighted by atomic mass is 79.9. The summed E-state index contributed by atoms with van der Waals surface area (Å²) in [4.78, 5) is 14.6. The van der Waals surface area contributed by atoms with E-state index in [1.54, 1.807) is 0 Å². The lowest BCUT2D eigenvalue weighted by molar-refractivity contribution is -0.131. The van der Waals surface area contributed by atoms with Crippen molar-refractivity contribution in [3.05, 3.63) is 34.3 Å². The molecule has 3 unspecified atom stereocenters.